The Labute approximate surface area is 93.2 Å². The van der Waals surface area contributed by atoms with Gasteiger partial charge in [-0.15, -0.1) is 0 Å². The maximum absolute atomic E-state index is 5.66. The maximum atomic E-state index is 5.66. The molecule has 2 aliphatic heterocycles. The molecule has 0 bridgehead atoms. The molecule has 0 aromatic carbocycles. The van der Waals surface area contributed by atoms with Crippen LogP contribution in [0.5, 0.6) is 0 Å². The van der Waals surface area contributed by atoms with Crippen LogP contribution in [0, 0.1) is 0 Å². The highest BCUT2D eigenvalue weighted by Gasteiger charge is 2.35. The van der Waals surface area contributed by atoms with Crippen molar-refractivity contribution >= 4 is 0 Å². The molecule has 1 N–H and O–H groups in total. The van der Waals surface area contributed by atoms with E-state index in [4.69, 9.17) is 4.74 Å². The van der Waals surface area contributed by atoms with E-state index in [-0.39, 0.29) is 0 Å². The summed E-state index contributed by atoms with van der Waals surface area (Å²) in [6.07, 6.45) is 4.21. The van der Waals surface area contributed by atoms with Gasteiger partial charge in [0.25, 0.3) is 0 Å². The van der Waals surface area contributed by atoms with Crippen LogP contribution < -0.4 is 5.32 Å². The predicted octanol–water partition coefficient (Wildman–Crippen LogP) is 1.24. The minimum atomic E-state index is 0.429. The summed E-state index contributed by atoms with van der Waals surface area (Å²) in [4.78, 5) is 2.66. The second-order valence-corrected chi connectivity index (χ2v) is 5.03. The van der Waals surface area contributed by atoms with E-state index in [1.807, 2.05) is 0 Å². The van der Waals surface area contributed by atoms with Crippen molar-refractivity contribution in [2.75, 3.05) is 20.2 Å². The molecular weight excluding hydrogens is 188 g/mol. The minimum Gasteiger partial charge on any atom is -0.377 e. The molecule has 3 nitrogen and oxygen atoms in total. The average molecular weight is 212 g/mol. The Hall–Kier alpha value is -0.120. The summed E-state index contributed by atoms with van der Waals surface area (Å²) in [7, 11) is 2.08. The number of piperidine rings is 1. The van der Waals surface area contributed by atoms with Gasteiger partial charge in [-0.1, -0.05) is 0 Å². The molecule has 2 fully saturated rings. The molecule has 0 aliphatic carbocycles. The predicted molar refractivity (Wildman–Crippen MR) is 62.1 cm³/mol. The zero-order valence-electron chi connectivity index (χ0n) is 10.2. The Balaban J connectivity index is 1.93. The Morgan fingerprint density at radius 2 is 2.07 bits per heavy atom. The van der Waals surface area contributed by atoms with Crippen molar-refractivity contribution in [3.05, 3.63) is 0 Å². The van der Waals surface area contributed by atoms with Crippen LogP contribution in [0.3, 0.4) is 0 Å². The highest BCUT2D eigenvalue weighted by atomic mass is 16.5. The van der Waals surface area contributed by atoms with Crippen LogP contribution in [0.1, 0.15) is 33.1 Å². The monoisotopic (exact) mass is 212 g/mol. The number of ether oxygens (including phenoxy) is 1. The molecule has 2 saturated heterocycles. The molecule has 2 heterocycles. The van der Waals surface area contributed by atoms with E-state index in [2.05, 4.69) is 31.1 Å². The van der Waals surface area contributed by atoms with Gasteiger partial charge in [0, 0.05) is 31.3 Å². The number of likely N-dealkylation sites (tertiary alicyclic amines) is 1. The van der Waals surface area contributed by atoms with Crippen molar-refractivity contribution in [1.82, 2.24) is 10.2 Å². The second kappa shape index (κ2) is 4.81. The van der Waals surface area contributed by atoms with E-state index in [1.54, 1.807) is 0 Å². The highest BCUT2D eigenvalue weighted by molar-refractivity contribution is 4.90. The summed E-state index contributed by atoms with van der Waals surface area (Å²) in [6, 6.07) is 2.08. The fourth-order valence-electron chi connectivity index (χ4n) is 3.10. The molecule has 0 amide bonds. The fraction of sp³-hybridized carbons (Fsp3) is 1.00. The molecule has 3 heteroatoms. The Morgan fingerprint density at radius 3 is 2.60 bits per heavy atom. The minimum absolute atomic E-state index is 0.429. The normalized spacial score (nSPS) is 43.4. The van der Waals surface area contributed by atoms with E-state index in [0.29, 0.717) is 24.2 Å². The second-order valence-electron chi connectivity index (χ2n) is 5.03. The molecule has 0 radical (unpaired) electrons. The van der Waals surface area contributed by atoms with E-state index in [9.17, 15) is 0 Å². The van der Waals surface area contributed by atoms with Gasteiger partial charge in [-0.05, 0) is 40.2 Å². The summed E-state index contributed by atoms with van der Waals surface area (Å²) in [6.45, 7) is 6.75. The third-order valence-electron chi connectivity index (χ3n) is 4.10. The lowest BCUT2D eigenvalue weighted by atomic mass is 9.95. The molecule has 0 saturated carbocycles. The highest BCUT2D eigenvalue weighted by Crippen LogP contribution is 2.26. The van der Waals surface area contributed by atoms with Gasteiger partial charge in [-0.25, -0.2) is 0 Å². The largest absolute Gasteiger partial charge is 0.377 e. The first-order valence-corrected chi connectivity index (χ1v) is 6.27. The first-order valence-electron chi connectivity index (χ1n) is 6.27. The number of nitrogens with zero attached hydrogens (tertiary/aromatic N) is 1. The van der Waals surface area contributed by atoms with Gasteiger partial charge in [0.15, 0.2) is 0 Å². The van der Waals surface area contributed by atoms with Gasteiger partial charge in [-0.3, -0.25) is 4.90 Å². The van der Waals surface area contributed by atoms with Crippen LogP contribution in [0.15, 0.2) is 0 Å². The third-order valence-corrected chi connectivity index (χ3v) is 4.10. The van der Waals surface area contributed by atoms with Crippen molar-refractivity contribution in [2.24, 2.45) is 0 Å². The van der Waals surface area contributed by atoms with Crippen LogP contribution in [-0.4, -0.2) is 49.3 Å². The van der Waals surface area contributed by atoms with E-state index in [1.165, 1.54) is 25.8 Å². The quantitative estimate of drug-likeness (QED) is 0.745. The summed E-state index contributed by atoms with van der Waals surface area (Å²) in [5.41, 5.74) is 0. The third kappa shape index (κ3) is 2.35. The Kier molecular flexibility index (Phi) is 3.65. The molecule has 2 rings (SSSR count). The van der Waals surface area contributed by atoms with Crippen molar-refractivity contribution < 1.29 is 4.74 Å². The molecular formula is C12H24N2O. The molecule has 4 atom stereocenters. The Bertz CT molecular complexity index is 210. The number of hydrogen-bond donors (Lipinski definition) is 1. The zero-order chi connectivity index (χ0) is 10.8. The summed E-state index contributed by atoms with van der Waals surface area (Å²) >= 11 is 0. The van der Waals surface area contributed by atoms with Crippen LogP contribution in [0.4, 0.5) is 0 Å². The Morgan fingerprint density at radius 1 is 1.27 bits per heavy atom. The molecule has 4 unspecified atom stereocenters. The van der Waals surface area contributed by atoms with Gasteiger partial charge >= 0.3 is 0 Å². The zero-order valence-corrected chi connectivity index (χ0v) is 10.2. The van der Waals surface area contributed by atoms with E-state index >= 15 is 0 Å². The molecule has 0 spiro atoms. The first kappa shape index (κ1) is 11.4. The van der Waals surface area contributed by atoms with Gasteiger partial charge in [0.2, 0.25) is 0 Å². The lowest BCUT2D eigenvalue weighted by Crippen LogP contribution is -2.52. The number of hydrogen-bond acceptors (Lipinski definition) is 3. The van der Waals surface area contributed by atoms with Crippen LogP contribution in [-0.2, 0) is 4.74 Å². The number of rotatable bonds is 2. The lowest BCUT2D eigenvalue weighted by molar-refractivity contribution is 0.0359. The summed E-state index contributed by atoms with van der Waals surface area (Å²) in [5, 5.41) is 3.40. The van der Waals surface area contributed by atoms with Crippen molar-refractivity contribution in [3.63, 3.8) is 0 Å². The van der Waals surface area contributed by atoms with Crippen molar-refractivity contribution in [2.45, 2.75) is 57.3 Å². The molecule has 0 aromatic heterocycles. The lowest BCUT2D eigenvalue weighted by Gasteiger charge is -2.42. The van der Waals surface area contributed by atoms with Gasteiger partial charge in [-0.2, -0.15) is 0 Å². The smallest absolute Gasteiger partial charge is 0.0703 e. The SMILES string of the molecule is CNC1CCN(C2CCOC2C)C(C)C1. The van der Waals surface area contributed by atoms with Gasteiger partial charge in [0.1, 0.15) is 0 Å². The van der Waals surface area contributed by atoms with Gasteiger partial charge < -0.3 is 10.1 Å². The van der Waals surface area contributed by atoms with Gasteiger partial charge in [0.05, 0.1) is 6.10 Å². The molecule has 2 aliphatic rings. The molecule has 15 heavy (non-hydrogen) atoms. The topological polar surface area (TPSA) is 24.5 Å². The molecule has 0 aromatic rings. The van der Waals surface area contributed by atoms with Crippen LogP contribution >= 0.6 is 0 Å². The maximum Gasteiger partial charge on any atom is 0.0703 e. The number of nitrogens with one attached hydrogen (secondary N) is 1. The standard InChI is InChI=1S/C12H24N2O/c1-9-8-11(13-3)4-6-14(9)12-5-7-15-10(12)2/h9-13H,4-8H2,1-3H3. The summed E-state index contributed by atoms with van der Waals surface area (Å²) < 4.78 is 5.66. The van der Waals surface area contributed by atoms with Crippen molar-refractivity contribution in [3.8, 4) is 0 Å². The average Bonchev–Trinajstić information content (AvgIpc) is 2.64. The van der Waals surface area contributed by atoms with Crippen LogP contribution in [0.2, 0.25) is 0 Å². The van der Waals surface area contributed by atoms with Crippen LogP contribution in [0.25, 0.3) is 0 Å². The summed E-state index contributed by atoms with van der Waals surface area (Å²) in [5.74, 6) is 0. The first-order chi connectivity index (χ1) is 7.22. The fourth-order valence-corrected chi connectivity index (χ4v) is 3.10. The van der Waals surface area contributed by atoms with E-state index < -0.39 is 0 Å². The van der Waals surface area contributed by atoms with E-state index in [0.717, 1.165) is 6.61 Å². The molecule has 88 valence electrons. The van der Waals surface area contributed by atoms with Crippen molar-refractivity contribution in [1.29, 1.82) is 0 Å².